The minimum atomic E-state index is -1.05. The number of nitrogens with zero attached hydrogens (tertiary/aromatic N) is 1. The van der Waals surface area contributed by atoms with E-state index in [1.165, 1.54) is 25.0 Å². The molecule has 0 aromatic heterocycles. The van der Waals surface area contributed by atoms with Gasteiger partial charge in [0.05, 0.1) is 6.10 Å². The van der Waals surface area contributed by atoms with Gasteiger partial charge >= 0.3 is 6.03 Å². The first kappa shape index (κ1) is 18.7. The van der Waals surface area contributed by atoms with E-state index in [-0.39, 0.29) is 18.1 Å². The van der Waals surface area contributed by atoms with Crippen LogP contribution in [0, 0.1) is 11.7 Å². The smallest absolute Gasteiger partial charge is 0.314 e. The van der Waals surface area contributed by atoms with Gasteiger partial charge in [-0.05, 0) is 50.9 Å². The number of urea groups is 1. The Morgan fingerprint density at radius 2 is 2.04 bits per heavy atom. The van der Waals surface area contributed by atoms with E-state index in [1.54, 1.807) is 12.1 Å². The first-order valence-electron chi connectivity index (χ1n) is 8.73. The van der Waals surface area contributed by atoms with Crippen LogP contribution in [0.3, 0.4) is 0 Å². The number of nitrogens with one attached hydrogen (secondary N) is 2. The van der Waals surface area contributed by atoms with Crippen LogP contribution >= 0.6 is 0 Å². The predicted octanol–water partition coefficient (Wildman–Crippen LogP) is 2.28. The molecule has 1 aromatic rings. The van der Waals surface area contributed by atoms with Crippen molar-refractivity contribution in [1.29, 1.82) is 0 Å². The normalized spacial score (nSPS) is 17.5. The zero-order chi connectivity index (χ0) is 17.4. The molecule has 0 spiro atoms. The molecule has 24 heavy (non-hydrogen) atoms. The van der Waals surface area contributed by atoms with Crippen molar-refractivity contribution in [3.8, 4) is 0 Å². The van der Waals surface area contributed by atoms with Gasteiger partial charge in [0.25, 0.3) is 0 Å². The SMILES string of the molecule is CC1CCN(CCCNC(=O)NCC(O)c2ccccc2F)CC1. The minimum Gasteiger partial charge on any atom is -0.386 e. The topological polar surface area (TPSA) is 64.6 Å². The monoisotopic (exact) mass is 337 g/mol. The van der Waals surface area contributed by atoms with Crippen molar-refractivity contribution in [1.82, 2.24) is 15.5 Å². The van der Waals surface area contributed by atoms with E-state index >= 15 is 0 Å². The summed E-state index contributed by atoms with van der Waals surface area (Å²) in [5.74, 6) is 0.356. The molecular formula is C18H28FN3O2. The predicted molar refractivity (Wildman–Crippen MR) is 92.2 cm³/mol. The summed E-state index contributed by atoms with van der Waals surface area (Å²) in [4.78, 5) is 14.1. The van der Waals surface area contributed by atoms with Crippen LogP contribution in [0.15, 0.2) is 24.3 Å². The highest BCUT2D eigenvalue weighted by molar-refractivity contribution is 5.73. The number of hydrogen-bond donors (Lipinski definition) is 3. The van der Waals surface area contributed by atoms with Gasteiger partial charge in [-0.15, -0.1) is 0 Å². The summed E-state index contributed by atoms with van der Waals surface area (Å²) in [6.45, 7) is 6.14. The highest BCUT2D eigenvalue weighted by Crippen LogP contribution is 2.16. The Balaban J connectivity index is 1.57. The summed E-state index contributed by atoms with van der Waals surface area (Å²) in [5, 5.41) is 15.3. The number of piperidine rings is 1. The van der Waals surface area contributed by atoms with Crippen molar-refractivity contribution < 1.29 is 14.3 Å². The molecule has 0 bridgehead atoms. The van der Waals surface area contributed by atoms with E-state index in [1.807, 2.05) is 0 Å². The average molecular weight is 337 g/mol. The van der Waals surface area contributed by atoms with Crippen LogP contribution < -0.4 is 10.6 Å². The number of rotatable bonds is 7. The van der Waals surface area contributed by atoms with Crippen LogP contribution in [-0.2, 0) is 0 Å². The Labute approximate surface area is 143 Å². The Bertz CT molecular complexity index is 519. The van der Waals surface area contributed by atoms with Crippen LogP contribution in [0.5, 0.6) is 0 Å². The first-order chi connectivity index (χ1) is 11.6. The van der Waals surface area contributed by atoms with E-state index in [0.717, 1.165) is 32.0 Å². The minimum absolute atomic E-state index is 0.0171. The second-order valence-electron chi connectivity index (χ2n) is 6.55. The van der Waals surface area contributed by atoms with E-state index < -0.39 is 11.9 Å². The molecule has 6 heteroatoms. The van der Waals surface area contributed by atoms with Crippen LogP contribution in [0.4, 0.5) is 9.18 Å². The Kier molecular flexibility index (Phi) is 7.46. The van der Waals surface area contributed by atoms with E-state index in [2.05, 4.69) is 22.5 Å². The van der Waals surface area contributed by atoms with Gasteiger partial charge in [-0.2, -0.15) is 0 Å². The van der Waals surface area contributed by atoms with Crippen molar-refractivity contribution in [2.24, 2.45) is 5.92 Å². The van der Waals surface area contributed by atoms with E-state index in [0.29, 0.717) is 6.54 Å². The summed E-state index contributed by atoms with van der Waals surface area (Å²) in [6.07, 6.45) is 2.36. The molecule has 1 heterocycles. The summed E-state index contributed by atoms with van der Waals surface area (Å²) in [5.41, 5.74) is 0.192. The molecule has 1 aromatic carbocycles. The van der Waals surface area contributed by atoms with Crippen LogP contribution in [-0.4, -0.2) is 48.8 Å². The number of likely N-dealkylation sites (tertiary alicyclic amines) is 1. The Morgan fingerprint density at radius 1 is 1.33 bits per heavy atom. The lowest BCUT2D eigenvalue weighted by atomic mass is 9.99. The van der Waals surface area contributed by atoms with Crippen molar-refractivity contribution in [3.63, 3.8) is 0 Å². The molecular weight excluding hydrogens is 309 g/mol. The molecule has 134 valence electrons. The molecule has 1 atom stereocenters. The molecule has 1 saturated heterocycles. The zero-order valence-electron chi connectivity index (χ0n) is 14.3. The fourth-order valence-electron chi connectivity index (χ4n) is 2.90. The molecule has 1 fully saturated rings. The lowest BCUT2D eigenvalue weighted by Crippen LogP contribution is -2.40. The number of benzene rings is 1. The Hall–Kier alpha value is -1.66. The summed E-state index contributed by atoms with van der Waals surface area (Å²) in [6, 6.07) is 5.69. The highest BCUT2D eigenvalue weighted by Gasteiger charge is 2.15. The van der Waals surface area contributed by atoms with Crippen LogP contribution in [0.2, 0.25) is 0 Å². The molecule has 2 amide bonds. The Morgan fingerprint density at radius 3 is 2.75 bits per heavy atom. The summed E-state index contributed by atoms with van der Waals surface area (Å²) >= 11 is 0. The summed E-state index contributed by atoms with van der Waals surface area (Å²) < 4.78 is 13.5. The van der Waals surface area contributed by atoms with Crippen LogP contribution in [0.25, 0.3) is 0 Å². The average Bonchev–Trinajstić information content (AvgIpc) is 2.58. The third-order valence-corrected chi connectivity index (χ3v) is 4.53. The maximum atomic E-state index is 13.5. The molecule has 1 aliphatic heterocycles. The molecule has 1 unspecified atom stereocenters. The third kappa shape index (κ3) is 6.09. The maximum absolute atomic E-state index is 13.5. The van der Waals surface area contributed by atoms with Gasteiger partial charge < -0.3 is 20.6 Å². The van der Waals surface area contributed by atoms with Gasteiger partial charge in [0.1, 0.15) is 5.82 Å². The standard InChI is InChI=1S/C18H28FN3O2/c1-14-7-11-22(12-8-14)10-4-9-20-18(24)21-13-17(23)15-5-2-3-6-16(15)19/h2-3,5-6,14,17,23H,4,7-13H2,1H3,(H2,20,21,24). The molecule has 0 radical (unpaired) electrons. The van der Waals surface area contributed by atoms with Gasteiger partial charge in [-0.25, -0.2) is 9.18 Å². The zero-order valence-corrected chi connectivity index (χ0v) is 14.3. The van der Waals surface area contributed by atoms with E-state index in [4.69, 9.17) is 0 Å². The fraction of sp³-hybridized carbons (Fsp3) is 0.611. The number of carbonyl (C=O) groups is 1. The molecule has 0 aliphatic carbocycles. The number of carbonyl (C=O) groups excluding carboxylic acids is 1. The summed E-state index contributed by atoms with van der Waals surface area (Å²) in [7, 11) is 0. The number of aliphatic hydroxyl groups is 1. The third-order valence-electron chi connectivity index (χ3n) is 4.53. The number of amides is 2. The van der Waals surface area contributed by atoms with Crippen molar-refractivity contribution in [2.75, 3.05) is 32.7 Å². The van der Waals surface area contributed by atoms with E-state index in [9.17, 15) is 14.3 Å². The van der Waals surface area contributed by atoms with Crippen LogP contribution in [0.1, 0.15) is 37.9 Å². The molecule has 1 aliphatic rings. The largest absolute Gasteiger partial charge is 0.386 e. The number of aliphatic hydroxyl groups excluding tert-OH is 1. The van der Waals surface area contributed by atoms with Gasteiger partial charge in [0.15, 0.2) is 0 Å². The quantitative estimate of drug-likeness (QED) is 0.669. The van der Waals surface area contributed by atoms with Crippen molar-refractivity contribution >= 4 is 6.03 Å². The second kappa shape index (κ2) is 9.59. The number of hydrogen-bond acceptors (Lipinski definition) is 3. The van der Waals surface area contributed by atoms with Gasteiger partial charge in [-0.1, -0.05) is 25.1 Å². The lowest BCUT2D eigenvalue weighted by molar-refractivity contribution is 0.168. The lowest BCUT2D eigenvalue weighted by Gasteiger charge is -2.30. The first-order valence-corrected chi connectivity index (χ1v) is 8.73. The van der Waals surface area contributed by atoms with Crippen molar-refractivity contribution in [3.05, 3.63) is 35.6 Å². The van der Waals surface area contributed by atoms with Crippen molar-refractivity contribution in [2.45, 2.75) is 32.3 Å². The molecule has 0 saturated carbocycles. The maximum Gasteiger partial charge on any atom is 0.314 e. The van der Waals surface area contributed by atoms with Gasteiger partial charge in [0, 0.05) is 18.7 Å². The molecule has 5 nitrogen and oxygen atoms in total. The highest BCUT2D eigenvalue weighted by atomic mass is 19.1. The number of halogens is 1. The fourth-order valence-corrected chi connectivity index (χ4v) is 2.90. The second-order valence-corrected chi connectivity index (χ2v) is 6.55. The van der Waals surface area contributed by atoms with Gasteiger partial charge in [0.2, 0.25) is 0 Å². The molecule has 3 N–H and O–H groups in total. The molecule has 2 rings (SSSR count). The van der Waals surface area contributed by atoms with Gasteiger partial charge in [-0.3, -0.25) is 0 Å².